The normalized spacial score (nSPS) is 19.0. The molecule has 21 heavy (non-hydrogen) atoms. The van der Waals surface area contributed by atoms with Crippen LogP contribution in [0.3, 0.4) is 0 Å². The topological polar surface area (TPSA) is 44.4 Å². The molecule has 3 rings (SSSR count). The maximum absolute atomic E-state index is 12.4. The predicted octanol–water partition coefficient (Wildman–Crippen LogP) is 1.55. The highest BCUT2D eigenvalue weighted by Gasteiger charge is 2.17. The van der Waals surface area contributed by atoms with Crippen molar-refractivity contribution in [3.8, 4) is 0 Å². The van der Waals surface area contributed by atoms with Gasteiger partial charge in [0.05, 0.1) is 0 Å². The summed E-state index contributed by atoms with van der Waals surface area (Å²) in [6.45, 7) is 5.93. The van der Waals surface area contributed by atoms with Crippen LogP contribution in [-0.2, 0) is 13.0 Å². The van der Waals surface area contributed by atoms with E-state index >= 15 is 0 Å². The van der Waals surface area contributed by atoms with Gasteiger partial charge < -0.3 is 15.5 Å². The second kappa shape index (κ2) is 7.05. The second-order valence-corrected chi connectivity index (χ2v) is 6.03. The van der Waals surface area contributed by atoms with Crippen molar-refractivity contribution in [2.75, 3.05) is 32.7 Å². The number of carbonyl (C=O) groups excluding carboxylic acids is 1. The van der Waals surface area contributed by atoms with Crippen molar-refractivity contribution in [1.82, 2.24) is 15.5 Å². The first kappa shape index (κ1) is 14.5. The highest BCUT2D eigenvalue weighted by Crippen LogP contribution is 2.18. The third-order valence-corrected chi connectivity index (χ3v) is 4.55. The molecule has 4 nitrogen and oxygen atoms in total. The lowest BCUT2D eigenvalue weighted by Crippen LogP contribution is -2.38. The van der Waals surface area contributed by atoms with Gasteiger partial charge in [0, 0.05) is 25.2 Å². The summed E-state index contributed by atoms with van der Waals surface area (Å²) in [6.07, 6.45) is 4.90. The minimum atomic E-state index is 0.0887. The number of rotatable bonds is 4. The number of likely N-dealkylation sites (tertiary alicyclic amines) is 1. The Hall–Kier alpha value is -1.39. The minimum absolute atomic E-state index is 0.0887. The molecule has 1 fully saturated rings. The summed E-state index contributed by atoms with van der Waals surface area (Å²) in [5.74, 6) is 0.0887. The van der Waals surface area contributed by atoms with E-state index in [1.807, 2.05) is 12.1 Å². The fraction of sp³-hybridized carbons (Fsp3) is 0.588. The summed E-state index contributed by atoms with van der Waals surface area (Å²) in [7, 11) is 0. The molecule has 0 bridgehead atoms. The number of benzene rings is 1. The van der Waals surface area contributed by atoms with E-state index in [0.717, 1.165) is 38.2 Å². The first-order valence-electron chi connectivity index (χ1n) is 8.16. The van der Waals surface area contributed by atoms with Gasteiger partial charge in [-0.15, -0.1) is 0 Å². The Morgan fingerprint density at radius 3 is 2.95 bits per heavy atom. The molecule has 1 aromatic carbocycles. The van der Waals surface area contributed by atoms with Gasteiger partial charge in [-0.25, -0.2) is 0 Å². The molecule has 0 saturated carbocycles. The third kappa shape index (κ3) is 3.63. The average Bonchev–Trinajstić information content (AvgIpc) is 2.55. The lowest BCUT2D eigenvalue weighted by atomic mass is 9.95. The van der Waals surface area contributed by atoms with E-state index < -0.39 is 0 Å². The molecule has 1 aromatic rings. The van der Waals surface area contributed by atoms with Crippen LogP contribution in [0.2, 0.25) is 0 Å². The summed E-state index contributed by atoms with van der Waals surface area (Å²) in [4.78, 5) is 14.9. The fourth-order valence-corrected chi connectivity index (χ4v) is 3.35. The van der Waals surface area contributed by atoms with Crippen LogP contribution in [0.4, 0.5) is 0 Å². The molecule has 0 radical (unpaired) electrons. The maximum Gasteiger partial charge on any atom is 0.251 e. The Morgan fingerprint density at radius 1 is 1.24 bits per heavy atom. The van der Waals surface area contributed by atoms with Crippen LogP contribution in [0.25, 0.3) is 0 Å². The Labute approximate surface area is 126 Å². The highest BCUT2D eigenvalue weighted by atomic mass is 16.1. The number of hydrogen-bond acceptors (Lipinski definition) is 3. The van der Waals surface area contributed by atoms with Crippen LogP contribution < -0.4 is 10.6 Å². The number of fused-ring (bicyclic) bond motifs is 1. The maximum atomic E-state index is 12.4. The van der Waals surface area contributed by atoms with Crippen molar-refractivity contribution >= 4 is 5.91 Å². The molecule has 0 spiro atoms. The third-order valence-electron chi connectivity index (χ3n) is 4.55. The zero-order chi connectivity index (χ0) is 14.5. The van der Waals surface area contributed by atoms with Crippen molar-refractivity contribution < 1.29 is 4.79 Å². The molecule has 1 saturated heterocycles. The monoisotopic (exact) mass is 287 g/mol. The predicted molar refractivity (Wildman–Crippen MR) is 84.5 cm³/mol. The minimum Gasteiger partial charge on any atom is -0.351 e. The Balaban J connectivity index is 1.55. The van der Waals surface area contributed by atoms with Crippen LogP contribution in [0.1, 0.15) is 40.7 Å². The van der Waals surface area contributed by atoms with E-state index in [9.17, 15) is 4.79 Å². The zero-order valence-electron chi connectivity index (χ0n) is 12.7. The van der Waals surface area contributed by atoms with Crippen LogP contribution in [0.15, 0.2) is 18.2 Å². The highest BCUT2D eigenvalue weighted by molar-refractivity contribution is 5.96. The average molecular weight is 287 g/mol. The first-order valence-corrected chi connectivity index (χ1v) is 8.16. The lowest BCUT2D eigenvalue weighted by molar-refractivity contribution is 0.0945. The van der Waals surface area contributed by atoms with Gasteiger partial charge in [-0.1, -0.05) is 18.6 Å². The molecule has 0 aliphatic carbocycles. The van der Waals surface area contributed by atoms with Gasteiger partial charge >= 0.3 is 0 Å². The van der Waals surface area contributed by atoms with Crippen molar-refractivity contribution in [3.05, 3.63) is 34.9 Å². The zero-order valence-corrected chi connectivity index (χ0v) is 12.7. The number of piperidine rings is 1. The van der Waals surface area contributed by atoms with Gasteiger partial charge in [0.25, 0.3) is 5.91 Å². The quantitative estimate of drug-likeness (QED) is 0.883. The molecule has 0 aromatic heterocycles. The molecule has 2 N–H and O–H groups in total. The summed E-state index contributed by atoms with van der Waals surface area (Å²) in [6, 6.07) is 6.07. The van der Waals surface area contributed by atoms with Gasteiger partial charge in [0.2, 0.25) is 0 Å². The van der Waals surface area contributed by atoms with Crippen molar-refractivity contribution in [2.24, 2.45) is 0 Å². The van der Waals surface area contributed by atoms with E-state index in [0.29, 0.717) is 0 Å². The second-order valence-electron chi connectivity index (χ2n) is 6.03. The van der Waals surface area contributed by atoms with Crippen LogP contribution in [0, 0.1) is 0 Å². The Bertz CT molecular complexity index is 495. The van der Waals surface area contributed by atoms with Gasteiger partial charge in [-0.3, -0.25) is 4.79 Å². The molecule has 4 heteroatoms. The standard InChI is InChI=1S/C17H25N3O/c21-17(19-9-12-20-10-2-1-3-11-20)16-6-4-5-14-13-18-8-7-15(14)16/h4-6,18H,1-3,7-13H2,(H,19,21). The summed E-state index contributed by atoms with van der Waals surface area (Å²) in [5, 5.41) is 6.45. The number of nitrogens with one attached hydrogen (secondary N) is 2. The van der Waals surface area contributed by atoms with Crippen molar-refractivity contribution in [2.45, 2.75) is 32.2 Å². The molecular weight excluding hydrogens is 262 g/mol. The number of hydrogen-bond donors (Lipinski definition) is 2. The van der Waals surface area contributed by atoms with Crippen LogP contribution in [0.5, 0.6) is 0 Å². The SMILES string of the molecule is O=C(NCCN1CCCCC1)c1cccc2c1CCNC2. The summed E-state index contributed by atoms with van der Waals surface area (Å²) in [5.41, 5.74) is 3.37. The van der Waals surface area contributed by atoms with E-state index in [1.165, 1.54) is 43.5 Å². The Morgan fingerprint density at radius 2 is 2.10 bits per heavy atom. The number of amides is 1. The molecule has 2 aliphatic rings. The molecule has 2 heterocycles. The smallest absolute Gasteiger partial charge is 0.251 e. The van der Waals surface area contributed by atoms with E-state index in [1.54, 1.807) is 0 Å². The molecule has 1 amide bonds. The first-order chi connectivity index (χ1) is 10.3. The van der Waals surface area contributed by atoms with Gasteiger partial charge in [0.15, 0.2) is 0 Å². The largest absolute Gasteiger partial charge is 0.351 e. The van der Waals surface area contributed by atoms with Gasteiger partial charge in [0.1, 0.15) is 0 Å². The van der Waals surface area contributed by atoms with E-state index in [4.69, 9.17) is 0 Å². The number of nitrogens with zero attached hydrogens (tertiary/aromatic N) is 1. The number of carbonyl (C=O) groups is 1. The van der Waals surface area contributed by atoms with Gasteiger partial charge in [-0.05, 0) is 56.1 Å². The van der Waals surface area contributed by atoms with Crippen LogP contribution >= 0.6 is 0 Å². The van der Waals surface area contributed by atoms with Crippen LogP contribution in [-0.4, -0.2) is 43.5 Å². The molecule has 114 valence electrons. The molecular formula is C17H25N3O. The molecule has 2 aliphatic heterocycles. The van der Waals surface area contributed by atoms with E-state index in [2.05, 4.69) is 21.6 Å². The van der Waals surface area contributed by atoms with Gasteiger partial charge in [-0.2, -0.15) is 0 Å². The summed E-state index contributed by atoms with van der Waals surface area (Å²) >= 11 is 0. The molecule has 0 unspecified atom stereocenters. The van der Waals surface area contributed by atoms with Crippen molar-refractivity contribution in [3.63, 3.8) is 0 Å². The summed E-state index contributed by atoms with van der Waals surface area (Å²) < 4.78 is 0. The lowest BCUT2D eigenvalue weighted by Gasteiger charge is -2.26. The molecule has 0 atom stereocenters. The van der Waals surface area contributed by atoms with Crippen molar-refractivity contribution in [1.29, 1.82) is 0 Å². The Kier molecular flexibility index (Phi) is 4.88. The fourth-order valence-electron chi connectivity index (χ4n) is 3.35. The van der Waals surface area contributed by atoms with E-state index in [-0.39, 0.29) is 5.91 Å².